The number of aromatic nitrogens is 2. The lowest BCUT2D eigenvalue weighted by atomic mass is 10.1. The minimum absolute atomic E-state index is 0.490. The Morgan fingerprint density at radius 2 is 1.94 bits per heavy atom. The molecule has 0 atom stereocenters. The first-order valence-electron chi connectivity index (χ1n) is 5.30. The van der Waals surface area contributed by atoms with Crippen molar-refractivity contribution in [2.75, 3.05) is 0 Å². The Morgan fingerprint density at radius 3 is 2.71 bits per heavy atom. The first-order valence-corrected chi connectivity index (χ1v) is 5.30. The molecule has 2 heterocycles. The molecule has 0 fully saturated rings. The zero-order chi connectivity index (χ0) is 11.8. The summed E-state index contributed by atoms with van der Waals surface area (Å²) < 4.78 is 5.93. The van der Waals surface area contributed by atoms with E-state index in [2.05, 4.69) is 5.16 Å². The molecule has 3 aromatic rings. The fourth-order valence-corrected chi connectivity index (χ4v) is 1.90. The van der Waals surface area contributed by atoms with Gasteiger partial charge >= 0.3 is 0 Å². The molecule has 2 aromatic heterocycles. The highest BCUT2D eigenvalue weighted by Crippen LogP contribution is 2.22. The Kier molecular flexibility index (Phi) is 2.08. The summed E-state index contributed by atoms with van der Waals surface area (Å²) in [7, 11) is 0. The third-order valence-corrected chi connectivity index (χ3v) is 2.73. The second kappa shape index (κ2) is 3.59. The van der Waals surface area contributed by atoms with Gasteiger partial charge < -0.3 is 9.73 Å². The van der Waals surface area contributed by atoms with Gasteiger partial charge in [0.1, 0.15) is 0 Å². The monoisotopic (exact) mass is 226 g/mol. The van der Waals surface area contributed by atoms with E-state index in [1.54, 1.807) is 13.1 Å². The van der Waals surface area contributed by atoms with Crippen LogP contribution in [-0.2, 0) is 0 Å². The number of rotatable bonds is 1. The average Bonchev–Trinajstić information content (AvgIpc) is 2.73. The standard InChI is InChI=1S/C13H10N2O2/c1-9-13-12(17-14-9)7-11(8-15(13)16)10-5-3-2-4-6-10/h2-8H,1H3. The van der Waals surface area contributed by atoms with Crippen molar-refractivity contribution in [3.63, 3.8) is 0 Å². The number of hydrogen-bond acceptors (Lipinski definition) is 3. The molecule has 17 heavy (non-hydrogen) atoms. The van der Waals surface area contributed by atoms with Gasteiger partial charge in [0, 0.05) is 6.07 Å². The van der Waals surface area contributed by atoms with Crippen molar-refractivity contribution >= 4 is 11.1 Å². The molecule has 0 unspecified atom stereocenters. The van der Waals surface area contributed by atoms with Gasteiger partial charge in [-0.25, -0.2) is 0 Å². The number of pyridine rings is 1. The van der Waals surface area contributed by atoms with Crippen molar-refractivity contribution in [2.45, 2.75) is 6.92 Å². The van der Waals surface area contributed by atoms with Gasteiger partial charge in [0.05, 0.1) is 5.56 Å². The highest BCUT2D eigenvalue weighted by atomic mass is 16.5. The molecular weight excluding hydrogens is 216 g/mol. The van der Waals surface area contributed by atoms with Crippen molar-refractivity contribution in [3.8, 4) is 11.1 Å². The minimum Gasteiger partial charge on any atom is -0.618 e. The molecule has 0 spiro atoms. The molecular formula is C13H10N2O2. The summed E-state index contributed by atoms with van der Waals surface area (Å²) in [6.45, 7) is 1.75. The summed E-state index contributed by atoms with van der Waals surface area (Å²) >= 11 is 0. The topological polar surface area (TPSA) is 53.0 Å². The van der Waals surface area contributed by atoms with Gasteiger partial charge in [0.2, 0.25) is 5.58 Å². The second-order valence-corrected chi connectivity index (χ2v) is 3.90. The maximum atomic E-state index is 11.9. The van der Waals surface area contributed by atoms with E-state index in [0.717, 1.165) is 15.9 Å². The van der Waals surface area contributed by atoms with E-state index >= 15 is 0 Å². The summed E-state index contributed by atoms with van der Waals surface area (Å²) in [6, 6.07) is 11.5. The molecule has 3 rings (SSSR count). The molecule has 1 aromatic carbocycles. The van der Waals surface area contributed by atoms with Gasteiger partial charge in [-0.2, -0.15) is 4.73 Å². The predicted molar refractivity (Wildman–Crippen MR) is 63.1 cm³/mol. The van der Waals surface area contributed by atoms with Crippen molar-refractivity contribution in [3.05, 3.63) is 53.5 Å². The lowest BCUT2D eigenvalue weighted by Crippen LogP contribution is -2.26. The number of aryl methyl sites for hydroxylation is 1. The maximum absolute atomic E-state index is 11.9. The third-order valence-electron chi connectivity index (χ3n) is 2.73. The molecule has 0 saturated heterocycles. The predicted octanol–water partition coefficient (Wildman–Crippen LogP) is 2.44. The lowest BCUT2D eigenvalue weighted by Gasteiger charge is -2.02. The fourth-order valence-electron chi connectivity index (χ4n) is 1.90. The van der Waals surface area contributed by atoms with E-state index in [-0.39, 0.29) is 0 Å². The van der Waals surface area contributed by atoms with Gasteiger partial charge in [-0.3, -0.25) is 0 Å². The maximum Gasteiger partial charge on any atom is 0.287 e. The molecule has 84 valence electrons. The first-order chi connectivity index (χ1) is 8.25. The first kappa shape index (κ1) is 9.84. The van der Waals surface area contributed by atoms with Crippen LogP contribution in [0.5, 0.6) is 0 Å². The van der Waals surface area contributed by atoms with Crippen molar-refractivity contribution < 1.29 is 9.25 Å². The number of benzene rings is 1. The fraction of sp³-hybridized carbons (Fsp3) is 0.0769. The van der Waals surface area contributed by atoms with Crippen LogP contribution in [0.3, 0.4) is 0 Å². The second-order valence-electron chi connectivity index (χ2n) is 3.90. The van der Waals surface area contributed by atoms with Gasteiger partial charge in [-0.15, -0.1) is 0 Å². The summed E-state index contributed by atoms with van der Waals surface area (Å²) in [5.74, 6) is 0. The van der Waals surface area contributed by atoms with Crippen molar-refractivity contribution in [2.24, 2.45) is 0 Å². The van der Waals surface area contributed by atoms with Gasteiger partial charge in [-0.05, 0) is 12.5 Å². The Bertz CT molecular complexity index is 674. The molecule has 4 heteroatoms. The zero-order valence-electron chi connectivity index (χ0n) is 9.25. The summed E-state index contributed by atoms with van der Waals surface area (Å²) in [4.78, 5) is 0. The van der Waals surface area contributed by atoms with Crippen LogP contribution in [0.2, 0.25) is 0 Å². The molecule has 4 nitrogen and oxygen atoms in total. The average molecular weight is 226 g/mol. The molecule has 0 aliphatic rings. The highest BCUT2D eigenvalue weighted by Gasteiger charge is 2.15. The van der Waals surface area contributed by atoms with Crippen LogP contribution in [0.15, 0.2) is 47.1 Å². The van der Waals surface area contributed by atoms with Gasteiger partial charge in [-0.1, -0.05) is 35.5 Å². The zero-order valence-corrected chi connectivity index (χ0v) is 9.25. The SMILES string of the molecule is Cc1noc2cc(-c3ccccc3)c[n+]([O-])c12. The molecule has 0 bridgehead atoms. The quantitative estimate of drug-likeness (QED) is 0.473. The van der Waals surface area contributed by atoms with Crippen LogP contribution in [0.25, 0.3) is 22.2 Å². The molecule has 0 amide bonds. The molecule has 0 saturated carbocycles. The van der Waals surface area contributed by atoms with Gasteiger partial charge in [0.25, 0.3) is 5.52 Å². The number of nitrogens with zero attached hydrogens (tertiary/aromatic N) is 2. The van der Waals surface area contributed by atoms with Crippen LogP contribution in [-0.4, -0.2) is 5.16 Å². The molecule has 0 N–H and O–H groups in total. The van der Waals surface area contributed by atoms with Crippen molar-refractivity contribution in [1.82, 2.24) is 5.16 Å². The minimum atomic E-state index is 0.490. The van der Waals surface area contributed by atoms with E-state index < -0.39 is 0 Å². The Morgan fingerprint density at radius 1 is 1.18 bits per heavy atom. The van der Waals surface area contributed by atoms with E-state index in [9.17, 15) is 5.21 Å². The molecule has 0 radical (unpaired) electrons. The normalized spacial score (nSPS) is 10.9. The van der Waals surface area contributed by atoms with E-state index in [4.69, 9.17) is 4.52 Å². The van der Waals surface area contributed by atoms with E-state index in [0.29, 0.717) is 16.8 Å². The van der Waals surface area contributed by atoms with Crippen molar-refractivity contribution in [1.29, 1.82) is 0 Å². The molecule has 0 aliphatic heterocycles. The molecule has 0 aliphatic carbocycles. The highest BCUT2D eigenvalue weighted by molar-refractivity contribution is 5.77. The van der Waals surface area contributed by atoms with E-state index in [1.807, 2.05) is 36.4 Å². The lowest BCUT2D eigenvalue weighted by molar-refractivity contribution is -0.576. The summed E-state index contributed by atoms with van der Waals surface area (Å²) in [5, 5.41) is 15.7. The van der Waals surface area contributed by atoms with Gasteiger partial charge in [0.15, 0.2) is 11.9 Å². The van der Waals surface area contributed by atoms with Crippen LogP contribution >= 0.6 is 0 Å². The van der Waals surface area contributed by atoms with Crippen LogP contribution in [0, 0.1) is 12.1 Å². The van der Waals surface area contributed by atoms with Crippen LogP contribution in [0.4, 0.5) is 0 Å². The summed E-state index contributed by atoms with van der Waals surface area (Å²) in [6.07, 6.45) is 1.54. The smallest absolute Gasteiger partial charge is 0.287 e. The summed E-state index contributed by atoms with van der Waals surface area (Å²) in [5.41, 5.74) is 3.41. The third kappa shape index (κ3) is 1.54. The number of fused-ring (bicyclic) bond motifs is 1. The Hall–Kier alpha value is -2.36. The largest absolute Gasteiger partial charge is 0.618 e. The van der Waals surface area contributed by atoms with E-state index in [1.165, 1.54) is 0 Å². The van der Waals surface area contributed by atoms with Crippen LogP contribution in [0.1, 0.15) is 5.69 Å². The number of hydrogen-bond donors (Lipinski definition) is 0. The van der Waals surface area contributed by atoms with Crippen LogP contribution < -0.4 is 4.73 Å². The Labute approximate surface area is 97.7 Å². The Balaban J connectivity index is 2.26.